The number of nitrogens with one attached hydrogen (secondary N) is 3. The van der Waals surface area contributed by atoms with Gasteiger partial charge in [0.15, 0.2) is 0 Å². The molecule has 0 spiro atoms. The van der Waals surface area contributed by atoms with Crippen molar-refractivity contribution in [3.8, 4) is 5.75 Å². The molecule has 2 heterocycles. The number of anilines is 3. The van der Waals surface area contributed by atoms with Gasteiger partial charge in [-0.1, -0.05) is 30.3 Å². The lowest BCUT2D eigenvalue weighted by Gasteiger charge is -2.15. The van der Waals surface area contributed by atoms with Crippen LogP contribution in [0.3, 0.4) is 0 Å². The standard InChI is InChI=1S/C24H22N4O3S/c1-14-7-6-10-19-21(14)23-24(27-19)22(16-8-4-5-9-17(16)25-23)26-18-12-11-15(13-20(18)31-2)28-32(3,29)30/h4-13,27-28H,1-3H3,(H,25,26). The highest BCUT2D eigenvalue weighted by Crippen LogP contribution is 2.39. The van der Waals surface area contributed by atoms with Crippen molar-refractivity contribution in [2.75, 3.05) is 23.4 Å². The molecule has 0 saturated carbocycles. The Hall–Kier alpha value is -3.78. The molecule has 0 unspecified atom stereocenters. The van der Waals surface area contributed by atoms with E-state index in [4.69, 9.17) is 9.72 Å². The molecule has 8 heteroatoms. The van der Waals surface area contributed by atoms with Gasteiger partial charge in [0, 0.05) is 22.4 Å². The second-order valence-electron chi connectivity index (χ2n) is 7.76. The number of nitrogens with zero attached hydrogens (tertiary/aromatic N) is 1. The van der Waals surface area contributed by atoms with E-state index in [1.807, 2.05) is 36.4 Å². The van der Waals surface area contributed by atoms with Gasteiger partial charge in [0.2, 0.25) is 10.0 Å². The summed E-state index contributed by atoms with van der Waals surface area (Å²) in [5.41, 5.74) is 6.86. The van der Waals surface area contributed by atoms with Crippen molar-refractivity contribution in [3.05, 3.63) is 66.2 Å². The second-order valence-corrected chi connectivity index (χ2v) is 9.51. The average molecular weight is 447 g/mol. The van der Waals surface area contributed by atoms with Gasteiger partial charge in [-0.05, 0) is 36.8 Å². The van der Waals surface area contributed by atoms with E-state index in [0.29, 0.717) is 17.1 Å². The van der Waals surface area contributed by atoms with Gasteiger partial charge in [-0.2, -0.15) is 0 Å². The first kappa shape index (κ1) is 20.1. The third-order valence-corrected chi connectivity index (χ3v) is 6.03. The van der Waals surface area contributed by atoms with Gasteiger partial charge < -0.3 is 15.0 Å². The Kier molecular flexibility index (Phi) is 4.67. The number of ether oxygens (including phenoxy) is 1. The molecule has 0 fully saturated rings. The van der Waals surface area contributed by atoms with Crippen molar-refractivity contribution in [3.63, 3.8) is 0 Å². The molecular weight excluding hydrogens is 424 g/mol. The van der Waals surface area contributed by atoms with E-state index >= 15 is 0 Å². The van der Waals surface area contributed by atoms with Gasteiger partial charge in [-0.3, -0.25) is 4.72 Å². The number of benzene rings is 3. The monoisotopic (exact) mass is 446 g/mol. The number of rotatable bonds is 5. The molecule has 0 radical (unpaired) electrons. The van der Waals surface area contributed by atoms with Crippen LogP contribution in [-0.2, 0) is 10.0 Å². The normalized spacial score (nSPS) is 11.8. The van der Waals surface area contributed by atoms with Gasteiger partial charge in [0.05, 0.1) is 47.0 Å². The molecule has 3 aromatic carbocycles. The third kappa shape index (κ3) is 3.48. The molecule has 0 saturated heterocycles. The van der Waals surface area contributed by atoms with Gasteiger partial charge in [-0.15, -0.1) is 0 Å². The van der Waals surface area contributed by atoms with Crippen LogP contribution >= 0.6 is 0 Å². The Morgan fingerprint density at radius 2 is 1.84 bits per heavy atom. The summed E-state index contributed by atoms with van der Waals surface area (Å²) in [7, 11) is -1.84. The minimum atomic E-state index is -3.39. The van der Waals surface area contributed by atoms with Gasteiger partial charge in [0.1, 0.15) is 5.75 Å². The topological polar surface area (TPSA) is 96.1 Å². The number of H-pyrrole nitrogens is 1. The molecule has 2 aromatic heterocycles. The Bertz CT molecular complexity index is 1610. The Balaban J connectivity index is 1.73. The first-order valence-electron chi connectivity index (χ1n) is 10.1. The summed E-state index contributed by atoms with van der Waals surface area (Å²) in [4.78, 5) is 8.47. The molecule has 0 atom stereocenters. The summed E-state index contributed by atoms with van der Waals surface area (Å²) in [6.45, 7) is 2.08. The highest BCUT2D eigenvalue weighted by atomic mass is 32.2. The molecular formula is C24H22N4O3S. The maximum Gasteiger partial charge on any atom is 0.229 e. The molecule has 32 heavy (non-hydrogen) atoms. The first-order valence-corrected chi connectivity index (χ1v) is 12.0. The zero-order chi connectivity index (χ0) is 22.5. The van der Waals surface area contributed by atoms with Crippen molar-refractivity contribution < 1.29 is 13.2 Å². The molecule has 0 aliphatic heterocycles. The number of aromatic nitrogens is 2. The van der Waals surface area contributed by atoms with E-state index in [1.165, 1.54) is 0 Å². The number of pyridine rings is 1. The molecule has 0 aliphatic carbocycles. The van der Waals surface area contributed by atoms with E-state index in [0.717, 1.165) is 50.3 Å². The Labute approximate surface area is 185 Å². The van der Waals surface area contributed by atoms with E-state index < -0.39 is 10.0 Å². The van der Waals surface area contributed by atoms with Gasteiger partial charge >= 0.3 is 0 Å². The zero-order valence-electron chi connectivity index (χ0n) is 17.9. The number of fused-ring (bicyclic) bond motifs is 4. The third-order valence-electron chi connectivity index (χ3n) is 5.43. The largest absolute Gasteiger partial charge is 0.494 e. The lowest BCUT2D eigenvalue weighted by molar-refractivity contribution is 0.417. The number of para-hydroxylation sites is 1. The predicted octanol–water partition coefficient (Wildman–Crippen LogP) is 5.30. The SMILES string of the molecule is COc1cc(NS(C)(=O)=O)ccc1Nc1c2ccccc2nc2c1[nH]c1cccc(C)c12. The van der Waals surface area contributed by atoms with E-state index in [1.54, 1.807) is 25.3 Å². The van der Waals surface area contributed by atoms with Crippen LogP contribution in [0.15, 0.2) is 60.7 Å². The maximum atomic E-state index is 11.6. The van der Waals surface area contributed by atoms with Crippen LogP contribution < -0.4 is 14.8 Å². The summed E-state index contributed by atoms with van der Waals surface area (Å²) in [5, 5.41) is 5.56. The lowest BCUT2D eigenvalue weighted by Crippen LogP contribution is -2.09. The number of methoxy groups -OCH3 is 1. The van der Waals surface area contributed by atoms with Gasteiger partial charge in [0.25, 0.3) is 0 Å². The highest BCUT2D eigenvalue weighted by molar-refractivity contribution is 7.92. The van der Waals surface area contributed by atoms with Crippen LogP contribution in [0.1, 0.15) is 5.56 Å². The Morgan fingerprint density at radius 1 is 1.03 bits per heavy atom. The second kappa shape index (κ2) is 7.42. The van der Waals surface area contributed by atoms with Crippen molar-refractivity contribution in [2.24, 2.45) is 0 Å². The maximum absolute atomic E-state index is 11.6. The van der Waals surface area contributed by atoms with Crippen LogP contribution in [0.2, 0.25) is 0 Å². The summed E-state index contributed by atoms with van der Waals surface area (Å²) in [6, 6.07) is 19.3. The van der Waals surface area contributed by atoms with Crippen molar-refractivity contribution in [1.82, 2.24) is 9.97 Å². The van der Waals surface area contributed by atoms with Crippen molar-refractivity contribution in [2.45, 2.75) is 6.92 Å². The molecule has 7 nitrogen and oxygen atoms in total. The fourth-order valence-electron chi connectivity index (χ4n) is 4.07. The van der Waals surface area contributed by atoms with Crippen LogP contribution in [0.4, 0.5) is 17.1 Å². The van der Waals surface area contributed by atoms with Crippen LogP contribution in [0.25, 0.3) is 32.8 Å². The molecule has 0 bridgehead atoms. The fraction of sp³-hybridized carbons (Fsp3) is 0.125. The predicted molar refractivity (Wildman–Crippen MR) is 131 cm³/mol. The minimum absolute atomic E-state index is 0.431. The molecule has 5 rings (SSSR count). The highest BCUT2D eigenvalue weighted by Gasteiger charge is 2.17. The smallest absolute Gasteiger partial charge is 0.229 e. The van der Waals surface area contributed by atoms with Crippen LogP contribution in [0, 0.1) is 6.92 Å². The lowest BCUT2D eigenvalue weighted by atomic mass is 10.1. The minimum Gasteiger partial charge on any atom is -0.494 e. The molecule has 162 valence electrons. The van der Waals surface area contributed by atoms with E-state index in [9.17, 15) is 8.42 Å². The van der Waals surface area contributed by atoms with Gasteiger partial charge in [-0.25, -0.2) is 13.4 Å². The van der Waals surface area contributed by atoms with Crippen LogP contribution in [0.5, 0.6) is 5.75 Å². The number of hydrogen-bond donors (Lipinski definition) is 3. The summed E-state index contributed by atoms with van der Waals surface area (Å²) in [6.07, 6.45) is 1.11. The average Bonchev–Trinajstić information content (AvgIpc) is 3.13. The van der Waals surface area contributed by atoms with Crippen molar-refractivity contribution >= 4 is 59.9 Å². The number of aromatic amines is 1. The molecule has 0 aliphatic rings. The first-order chi connectivity index (χ1) is 15.3. The number of sulfonamides is 1. The zero-order valence-corrected chi connectivity index (χ0v) is 18.7. The number of hydrogen-bond acceptors (Lipinski definition) is 5. The molecule has 0 amide bonds. The fourth-order valence-corrected chi connectivity index (χ4v) is 4.63. The quantitative estimate of drug-likeness (QED) is 0.340. The van der Waals surface area contributed by atoms with E-state index in [2.05, 4.69) is 28.0 Å². The van der Waals surface area contributed by atoms with E-state index in [-0.39, 0.29) is 0 Å². The molecule has 3 N–H and O–H groups in total. The summed E-state index contributed by atoms with van der Waals surface area (Å²) in [5.74, 6) is 0.514. The number of aryl methyl sites for hydroxylation is 1. The summed E-state index contributed by atoms with van der Waals surface area (Å²) >= 11 is 0. The van der Waals surface area contributed by atoms with Crippen LogP contribution in [-0.4, -0.2) is 31.8 Å². The van der Waals surface area contributed by atoms with Crippen molar-refractivity contribution in [1.29, 1.82) is 0 Å². The Morgan fingerprint density at radius 3 is 2.62 bits per heavy atom. The summed E-state index contributed by atoms with van der Waals surface area (Å²) < 4.78 is 31.2. The molecule has 5 aromatic rings.